The van der Waals surface area contributed by atoms with Gasteiger partial charge in [0.15, 0.2) is 0 Å². The molecule has 104 valence electrons. The lowest BCUT2D eigenvalue weighted by Crippen LogP contribution is -2.35. The van der Waals surface area contributed by atoms with Gasteiger partial charge in [0, 0.05) is 24.0 Å². The molecule has 19 heavy (non-hydrogen) atoms. The molecule has 1 saturated heterocycles. The molecule has 1 fully saturated rings. The van der Waals surface area contributed by atoms with Gasteiger partial charge < -0.3 is 4.90 Å². The molecule has 2 rings (SSSR count). The van der Waals surface area contributed by atoms with Gasteiger partial charge in [-0.2, -0.15) is 0 Å². The van der Waals surface area contributed by atoms with Crippen molar-refractivity contribution in [3.8, 4) is 0 Å². The van der Waals surface area contributed by atoms with Gasteiger partial charge in [-0.05, 0) is 43.9 Å². The van der Waals surface area contributed by atoms with Crippen molar-refractivity contribution >= 4 is 29.1 Å². The molecule has 1 atom stereocenters. The van der Waals surface area contributed by atoms with Gasteiger partial charge in [-0.15, -0.1) is 11.6 Å². The summed E-state index contributed by atoms with van der Waals surface area (Å²) in [5.74, 6) is -0.0645. The van der Waals surface area contributed by atoms with Crippen molar-refractivity contribution in [3.63, 3.8) is 0 Å². The number of hydrogen-bond acceptors (Lipinski definition) is 1. The first-order valence-electron chi connectivity index (χ1n) is 6.45. The summed E-state index contributed by atoms with van der Waals surface area (Å²) in [5, 5.41) is 0.0386. The summed E-state index contributed by atoms with van der Waals surface area (Å²) in [7, 11) is 0. The highest BCUT2D eigenvalue weighted by molar-refractivity contribution is 6.30. The molecule has 1 aromatic carbocycles. The molecule has 0 aromatic heterocycles. The van der Waals surface area contributed by atoms with E-state index < -0.39 is 5.82 Å². The van der Waals surface area contributed by atoms with Crippen LogP contribution in [0.2, 0.25) is 5.02 Å². The van der Waals surface area contributed by atoms with E-state index in [1.54, 1.807) is 6.07 Å². The van der Waals surface area contributed by atoms with Crippen LogP contribution >= 0.6 is 23.2 Å². The van der Waals surface area contributed by atoms with Gasteiger partial charge in [-0.3, -0.25) is 4.79 Å². The first-order chi connectivity index (χ1) is 9.13. The van der Waals surface area contributed by atoms with Crippen LogP contribution in [0.4, 0.5) is 4.39 Å². The van der Waals surface area contributed by atoms with Crippen LogP contribution in [0.1, 0.15) is 36.0 Å². The molecule has 5 heteroatoms. The van der Waals surface area contributed by atoms with Crippen LogP contribution in [0.25, 0.3) is 0 Å². The molecular weight excluding hydrogens is 288 g/mol. The van der Waals surface area contributed by atoms with Gasteiger partial charge in [-0.25, -0.2) is 4.39 Å². The lowest BCUT2D eigenvalue weighted by Gasteiger charge is -2.24. The van der Waals surface area contributed by atoms with E-state index in [2.05, 4.69) is 0 Å². The van der Waals surface area contributed by atoms with Crippen LogP contribution in [0.3, 0.4) is 0 Å². The Balaban J connectivity index is 2.11. The third-order valence-corrected chi connectivity index (χ3v) is 4.05. The third-order valence-electron chi connectivity index (χ3n) is 3.48. The average molecular weight is 304 g/mol. The van der Waals surface area contributed by atoms with Crippen molar-refractivity contribution < 1.29 is 9.18 Å². The maximum Gasteiger partial charge on any atom is 0.254 e. The van der Waals surface area contributed by atoms with Crippen molar-refractivity contribution in [2.75, 3.05) is 12.4 Å². The molecule has 1 aliphatic rings. The fourth-order valence-corrected chi connectivity index (χ4v) is 2.78. The molecule has 1 heterocycles. The molecule has 1 unspecified atom stereocenters. The monoisotopic (exact) mass is 303 g/mol. The van der Waals surface area contributed by atoms with Gasteiger partial charge in [0.1, 0.15) is 5.82 Å². The summed E-state index contributed by atoms with van der Waals surface area (Å²) >= 11 is 11.3. The summed E-state index contributed by atoms with van der Waals surface area (Å²) < 4.78 is 13.4. The Bertz CT molecular complexity index is 467. The van der Waals surface area contributed by atoms with Crippen LogP contribution < -0.4 is 0 Å². The molecule has 0 saturated carbocycles. The number of nitrogens with zero attached hydrogens (tertiary/aromatic N) is 1. The zero-order valence-electron chi connectivity index (χ0n) is 10.5. The Morgan fingerprint density at radius 1 is 1.47 bits per heavy atom. The van der Waals surface area contributed by atoms with E-state index in [4.69, 9.17) is 23.2 Å². The minimum atomic E-state index is -0.552. The van der Waals surface area contributed by atoms with Gasteiger partial charge >= 0.3 is 0 Å². The maximum absolute atomic E-state index is 13.4. The topological polar surface area (TPSA) is 20.3 Å². The minimum absolute atomic E-state index is 0.0386. The van der Waals surface area contributed by atoms with Gasteiger partial charge in [0.25, 0.3) is 5.91 Å². The van der Waals surface area contributed by atoms with E-state index in [-0.39, 0.29) is 17.0 Å². The van der Waals surface area contributed by atoms with Crippen molar-refractivity contribution in [1.29, 1.82) is 0 Å². The Morgan fingerprint density at radius 3 is 2.95 bits per heavy atom. The molecule has 0 N–H and O–H groups in total. The summed E-state index contributed by atoms with van der Waals surface area (Å²) in [5.41, 5.74) is 0.361. The van der Waals surface area contributed by atoms with Crippen LogP contribution in [0, 0.1) is 5.82 Å². The van der Waals surface area contributed by atoms with Crippen LogP contribution in [-0.2, 0) is 0 Å². The molecule has 0 bridgehead atoms. The highest BCUT2D eigenvalue weighted by Gasteiger charge is 2.29. The Kier molecular flexibility index (Phi) is 5.06. The summed E-state index contributed by atoms with van der Waals surface area (Å²) in [6.45, 7) is 0.732. The van der Waals surface area contributed by atoms with E-state index >= 15 is 0 Å². The predicted molar refractivity (Wildman–Crippen MR) is 75.4 cm³/mol. The van der Waals surface area contributed by atoms with Crippen molar-refractivity contribution in [1.82, 2.24) is 4.90 Å². The average Bonchev–Trinajstić information content (AvgIpc) is 2.87. The van der Waals surface area contributed by atoms with Crippen LogP contribution in [0.5, 0.6) is 0 Å². The number of amides is 1. The first-order valence-corrected chi connectivity index (χ1v) is 7.36. The first kappa shape index (κ1) is 14.6. The number of likely N-dealkylation sites (tertiary alicyclic amines) is 1. The number of halogens is 3. The molecule has 0 aliphatic carbocycles. The maximum atomic E-state index is 13.4. The highest BCUT2D eigenvalue weighted by atomic mass is 35.5. The second-order valence-corrected chi connectivity index (χ2v) is 5.54. The van der Waals surface area contributed by atoms with E-state index in [9.17, 15) is 9.18 Å². The Labute approximate surface area is 122 Å². The number of alkyl halides is 1. The lowest BCUT2D eigenvalue weighted by molar-refractivity contribution is 0.0729. The molecule has 0 spiro atoms. The number of carbonyl (C=O) groups excluding carboxylic acids is 1. The van der Waals surface area contributed by atoms with Crippen molar-refractivity contribution in [3.05, 3.63) is 34.6 Å². The van der Waals surface area contributed by atoms with Gasteiger partial charge in [0.05, 0.1) is 5.02 Å². The highest BCUT2D eigenvalue weighted by Crippen LogP contribution is 2.25. The zero-order chi connectivity index (χ0) is 13.8. The van der Waals surface area contributed by atoms with E-state index in [0.29, 0.717) is 11.4 Å². The van der Waals surface area contributed by atoms with Crippen molar-refractivity contribution in [2.45, 2.75) is 31.7 Å². The van der Waals surface area contributed by atoms with Gasteiger partial charge in [-0.1, -0.05) is 11.6 Å². The van der Waals surface area contributed by atoms with Crippen LogP contribution in [0.15, 0.2) is 18.2 Å². The van der Waals surface area contributed by atoms with E-state index in [1.165, 1.54) is 12.1 Å². The Hall–Kier alpha value is -0.800. The standard InChI is InChI=1S/C14H16Cl2FNO/c15-7-1-3-11-4-2-8-18(11)14(19)10-5-6-12(16)13(17)9-10/h5-6,9,11H,1-4,7-8H2. The van der Waals surface area contributed by atoms with Crippen LogP contribution in [-0.4, -0.2) is 29.3 Å². The summed E-state index contributed by atoms with van der Waals surface area (Å²) in [4.78, 5) is 14.2. The quantitative estimate of drug-likeness (QED) is 0.767. The number of benzene rings is 1. The molecular formula is C14H16Cl2FNO. The van der Waals surface area contributed by atoms with Gasteiger partial charge in [0.2, 0.25) is 0 Å². The lowest BCUT2D eigenvalue weighted by atomic mass is 10.1. The second kappa shape index (κ2) is 6.58. The molecule has 0 radical (unpaired) electrons. The zero-order valence-corrected chi connectivity index (χ0v) is 12.1. The Morgan fingerprint density at radius 2 is 2.26 bits per heavy atom. The summed E-state index contributed by atoms with van der Waals surface area (Å²) in [6.07, 6.45) is 3.80. The number of carbonyl (C=O) groups is 1. The normalized spacial score (nSPS) is 18.9. The van der Waals surface area contributed by atoms with Crippen molar-refractivity contribution in [2.24, 2.45) is 0 Å². The second-order valence-electron chi connectivity index (χ2n) is 4.75. The molecule has 1 amide bonds. The van der Waals surface area contributed by atoms with E-state index in [0.717, 1.165) is 32.2 Å². The SMILES string of the molecule is O=C(c1ccc(Cl)c(F)c1)N1CCCC1CCCCl. The minimum Gasteiger partial charge on any atom is -0.336 e. The smallest absolute Gasteiger partial charge is 0.254 e. The molecule has 1 aromatic rings. The van der Waals surface area contributed by atoms with E-state index in [1.807, 2.05) is 4.90 Å². The summed E-state index contributed by atoms with van der Waals surface area (Å²) in [6, 6.07) is 4.44. The number of hydrogen-bond donors (Lipinski definition) is 0. The fourth-order valence-electron chi connectivity index (χ4n) is 2.51. The predicted octanol–water partition coefficient (Wildman–Crippen LogP) is 4.10. The number of rotatable bonds is 4. The fraction of sp³-hybridized carbons (Fsp3) is 0.500. The third kappa shape index (κ3) is 3.40. The molecule has 2 nitrogen and oxygen atoms in total. The largest absolute Gasteiger partial charge is 0.336 e. The molecule has 1 aliphatic heterocycles.